The molecule has 0 aliphatic heterocycles. The number of carbonyl (C=O) groups excluding carboxylic acids is 2. The molecule has 0 atom stereocenters. The van der Waals surface area contributed by atoms with Crippen LogP contribution in [0.2, 0.25) is 0 Å². The number of amides is 2. The Balaban J connectivity index is 1.78. The van der Waals surface area contributed by atoms with Gasteiger partial charge in [-0.3, -0.25) is 19.0 Å². The summed E-state index contributed by atoms with van der Waals surface area (Å²) in [5.41, 5.74) is 1.77. The van der Waals surface area contributed by atoms with Crippen molar-refractivity contribution in [3.63, 3.8) is 0 Å². The third kappa shape index (κ3) is 7.59. The molecule has 0 bridgehead atoms. The molecular weight excluding hydrogens is 468 g/mol. The third-order valence-corrected chi connectivity index (χ3v) is 5.01. The minimum atomic E-state index is -4.51. The Kier molecular flexibility index (Phi) is 8.87. The van der Waals surface area contributed by atoms with E-state index in [1.165, 1.54) is 28.9 Å². The van der Waals surface area contributed by atoms with Crippen molar-refractivity contribution in [2.24, 2.45) is 0 Å². The van der Waals surface area contributed by atoms with Crippen molar-refractivity contribution in [1.82, 2.24) is 30.6 Å². The van der Waals surface area contributed by atoms with Crippen LogP contribution >= 0.6 is 0 Å². The average molecular weight is 492 g/mol. The number of aromatic nitrogens is 4. The Morgan fingerprint density at radius 2 is 1.71 bits per heavy atom. The Morgan fingerprint density at radius 3 is 2.37 bits per heavy atom. The Hall–Kier alpha value is -3.83. The number of rotatable bonds is 11. The first kappa shape index (κ1) is 25.8. The largest absolute Gasteiger partial charge is 0.405 e. The van der Waals surface area contributed by atoms with Crippen molar-refractivity contribution in [2.75, 3.05) is 13.2 Å². The molecule has 3 rings (SSSR count). The molecule has 2 N–H and O–H groups in total. The molecule has 0 fully saturated rings. The van der Waals surface area contributed by atoms with Crippen LogP contribution < -0.4 is 10.6 Å². The highest BCUT2D eigenvalue weighted by Crippen LogP contribution is 2.18. The minimum absolute atomic E-state index is 0.0379. The SMILES string of the molecule is O=C(NCC(F)(F)F)c1ccc(-n2nnc(C(=O)NCc3ccccn3)c2CCCCCF)cc1. The van der Waals surface area contributed by atoms with E-state index in [2.05, 4.69) is 20.6 Å². The van der Waals surface area contributed by atoms with E-state index in [9.17, 15) is 27.2 Å². The number of benzene rings is 1. The number of unbranched alkanes of at least 4 members (excludes halogenated alkanes) is 2. The van der Waals surface area contributed by atoms with Crippen LogP contribution in [-0.2, 0) is 13.0 Å². The quantitative estimate of drug-likeness (QED) is 0.315. The zero-order chi connectivity index (χ0) is 25.3. The van der Waals surface area contributed by atoms with Crippen LogP contribution in [0, 0.1) is 0 Å². The smallest absolute Gasteiger partial charge is 0.345 e. The van der Waals surface area contributed by atoms with Crippen LogP contribution in [0.15, 0.2) is 48.7 Å². The molecule has 2 amide bonds. The van der Waals surface area contributed by atoms with Gasteiger partial charge in [0, 0.05) is 11.8 Å². The first-order chi connectivity index (χ1) is 16.8. The van der Waals surface area contributed by atoms with Gasteiger partial charge in [0.15, 0.2) is 5.69 Å². The Bertz CT molecular complexity index is 1120. The summed E-state index contributed by atoms with van der Waals surface area (Å²) in [5.74, 6) is -1.32. The Labute approximate surface area is 198 Å². The number of carbonyl (C=O) groups is 2. The maximum absolute atomic E-state index is 12.8. The number of nitrogens with zero attached hydrogens (tertiary/aromatic N) is 4. The summed E-state index contributed by atoms with van der Waals surface area (Å²) in [6, 6.07) is 11.0. The van der Waals surface area contributed by atoms with Gasteiger partial charge in [-0.25, -0.2) is 4.68 Å². The molecule has 0 aliphatic carbocycles. The minimum Gasteiger partial charge on any atom is -0.345 e. The van der Waals surface area contributed by atoms with E-state index in [0.717, 1.165) is 0 Å². The molecule has 35 heavy (non-hydrogen) atoms. The molecule has 8 nitrogen and oxygen atoms in total. The average Bonchev–Trinajstić information content (AvgIpc) is 3.28. The van der Waals surface area contributed by atoms with Gasteiger partial charge in [0.05, 0.1) is 30.3 Å². The van der Waals surface area contributed by atoms with Crippen molar-refractivity contribution in [1.29, 1.82) is 0 Å². The second-order valence-electron chi connectivity index (χ2n) is 7.64. The second-order valence-corrected chi connectivity index (χ2v) is 7.64. The second kappa shape index (κ2) is 12.0. The van der Waals surface area contributed by atoms with Gasteiger partial charge in [-0.15, -0.1) is 5.10 Å². The molecule has 0 saturated carbocycles. The predicted octanol–water partition coefficient (Wildman–Crippen LogP) is 3.57. The van der Waals surface area contributed by atoms with Crippen LogP contribution in [0.4, 0.5) is 17.6 Å². The maximum Gasteiger partial charge on any atom is 0.405 e. The van der Waals surface area contributed by atoms with Crippen molar-refractivity contribution >= 4 is 11.8 Å². The number of pyridine rings is 1. The lowest BCUT2D eigenvalue weighted by atomic mass is 10.1. The Morgan fingerprint density at radius 1 is 0.943 bits per heavy atom. The highest BCUT2D eigenvalue weighted by atomic mass is 19.4. The van der Waals surface area contributed by atoms with Gasteiger partial charge in [0.2, 0.25) is 0 Å². The molecule has 0 radical (unpaired) electrons. The van der Waals surface area contributed by atoms with E-state index in [0.29, 0.717) is 42.8 Å². The van der Waals surface area contributed by atoms with Gasteiger partial charge in [-0.2, -0.15) is 13.2 Å². The summed E-state index contributed by atoms with van der Waals surface area (Å²) >= 11 is 0. The molecule has 0 unspecified atom stereocenters. The van der Waals surface area contributed by atoms with Crippen LogP contribution in [0.1, 0.15) is 51.5 Å². The molecule has 2 aromatic heterocycles. The fourth-order valence-electron chi connectivity index (χ4n) is 3.27. The molecule has 186 valence electrons. The van der Waals surface area contributed by atoms with Crippen LogP contribution in [-0.4, -0.2) is 51.2 Å². The molecule has 0 spiro atoms. The van der Waals surface area contributed by atoms with Crippen LogP contribution in [0.25, 0.3) is 5.69 Å². The van der Waals surface area contributed by atoms with Crippen LogP contribution in [0.5, 0.6) is 0 Å². The van der Waals surface area contributed by atoms with E-state index < -0.39 is 31.2 Å². The number of nitrogens with one attached hydrogen (secondary N) is 2. The van der Waals surface area contributed by atoms with Gasteiger partial charge >= 0.3 is 6.18 Å². The lowest BCUT2D eigenvalue weighted by molar-refractivity contribution is -0.123. The fourth-order valence-corrected chi connectivity index (χ4v) is 3.27. The standard InChI is InChI=1S/C23H24F4N6O2/c24-12-4-1-2-7-19-20(22(35)29-14-17-6-3-5-13-28-17)31-32-33(19)18-10-8-16(9-11-18)21(34)30-15-23(25,26)27/h3,5-6,8-11,13H,1-2,4,7,12,14-15H2,(H,29,35)(H,30,34). The molecule has 3 aromatic rings. The summed E-state index contributed by atoms with van der Waals surface area (Å²) in [4.78, 5) is 28.9. The highest BCUT2D eigenvalue weighted by molar-refractivity contribution is 5.94. The predicted molar refractivity (Wildman–Crippen MR) is 119 cm³/mol. The van der Waals surface area contributed by atoms with Gasteiger partial charge in [0.1, 0.15) is 6.54 Å². The van der Waals surface area contributed by atoms with E-state index in [1.54, 1.807) is 24.4 Å². The number of alkyl halides is 4. The molecule has 1 aromatic carbocycles. The van der Waals surface area contributed by atoms with E-state index in [1.807, 2.05) is 5.32 Å². The fraction of sp³-hybridized carbons (Fsp3) is 0.348. The number of hydrogen-bond donors (Lipinski definition) is 2. The summed E-state index contributed by atoms with van der Waals surface area (Å²) in [6.07, 6.45) is -0.912. The van der Waals surface area contributed by atoms with E-state index in [-0.39, 0.29) is 17.8 Å². The van der Waals surface area contributed by atoms with Crippen molar-refractivity contribution in [3.8, 4) is 5.69 Å². The van der Waals surface area contributed by atoms with Crippen molar-refractivity contribution < 1.29 is 27.2 Å². The van der Waals surface area contributed by atoms with Gasteiger partial charge in [0.25, 0.3) is 11.8 Å². The highest BCUT2D eigenvalue weighted by Gasteiger charge is 2.28. The summed E-state index contributed by atoms with van der Waals surface area (Å²) in [6.45, 7) is -1.68. The van der Waals surface area contributed by atoms with Gasteiger partial charge in [-0.05, 0) is 55.7 Å². The summed E-state index contributed by atoms with van der Waals surface area (Å²) in [5, 5.41) is 12.6. The summed E-state index contributed by atoms with van der Waals surface area (Å²) < 4.78 is 51.0. The monoisotopic (exact) mass is 492 g/mol. The van der Waals surface area contributed by atoms with E-state index in [4.69, 9.17) is 0 Å². The van der Waals surface area contributed by atoms with E-state index >= 15 is 0 Å². The molecule has 12 heteroatoms. The first-order valence-electron chi connectivity index (χ1n) is 10.9. The normalized spacial score (nSPS) is 11.3. The van der Waals surface area contributed by atoms with Gasteiger partial charge < -0.3 is 10.6 Å². The molecule has 0 aliphatic rings. The zero-order valence-electron chi connectivity index (χ0n) is 18.7. The maximum atomic E-state index is 12.8. The lowest BCUT2D eigenvalue weighted by Crippen LogP contribution is -2.33. The van der Waals surface area contributed by atoms with Gasteiger partial charge in [-0.1, -0.05) is 17.7 Å². The molecule has 2 heterocycles. The topological polar surface area (TPSA) is 102 Å². The zero-order valence-corrected chi connectivity index (χ0v) is 18.7. The van der Waals surface area contributed by atoms with Crippen molar-refractivity contribution in [2.45, 2.75) is 38.4 Å². The van der Waals surface area contributed by atoms with Crippen LogP contribution in [0.3, 0.4) is 0 Å². The molecule has 0 saturated heterocycles. The summed E-state index contributed by atoms with van der Waals surface area (Å²) in [7, 11) is 0. The number of hydrogen-bond acceptors (Lipinski definition) is 5. The third-order valence-electron chi connectivity index (χ3n) is 5.01. The first-order valence-corrected chi connectivity index (χ1v) is 10.9. The lowest BCUT2D eigenvalue weighted by Gasteiger charge is -2.10. The van der Waals surface area contributed by atoms with Crippen molar-refractivity contribution in [3.05, 3.63) is 71.3 Å². The molecular formula is C23H24F4N6O2. The number of halogens is 4.